The van der Waals surface area contributed by atoms with Crippen LogP contribution in [-0.2, 0) is 18.3 Å². The third kappa shape index (κ3) is 5.39. The molecular formula is C24H27N3O2S. The summed E-state index contributed by atoms with van der Waals surface area (Å²) in [6.07, 6.45) is 0.547. The minimum absolute atomic E-state index is 0.0661. The molecule has 156 valence electrons. The second kappa shape index (κ2) is 9.76. The van der Waals surface area contributed by atoms with Gasteiger partial charge in [-0.05, 0) is 31.9 Å². The van der Waals surface area contributed by atoms with Crippen LogP contribution in [0, 0.1) is 13.8 Å². The Morgan fingerprint density at radius 3 is 2.43 bits per heavy atom. The van der Waals surface area contributed by atoms with Gasteiger partial charge >= 0.3 is 0 Å². The van der Waals surface area contributed by atoms with Gasteiger partial charge in [-0.25, -0.2) is 4.98 Å². The summed E-state index contributed by atoms with van der Waals surface area (Å²) in [4.78, 5) is 29.9. The predicted octanol–water partition coefficient (Wildman–Crippen LogP) is 3.96. The summed E-state index contributed by atoms with van der Waals surface area (Å²) >= 11 is 1.28. The van der Waals surface area contributed by atoms with E-state index in [9.17, 15) is 9.59 Å². The average Bonchev–Trinajstić information content (AvgIpc) is 2.74. The fourth-order valence-electron chi connectivity index (χ4n) is 3.21. The number of nitrogens with zero attached hydrogens (tertiary/aromatic N) is 2. The molecule has 0 aliphatic heterocycles. The van der Waals surface area contributed by atoms with E-state index in [4.69, 9.17) is 0 Å². The van der Waals surface area contributed by atoms with Gasteiger partial charge in [-0.2, -0.15) is 0 Å². The van der Waals surface area contributed by atoms with Gasteiger partial charge in [0.05, 0.1) is 11.8 Å². The number of nitrogens with one attached hydrogen (secondary N) is 1. The first-order valence-electron chi connectivity index (χ1n) is 9.94. The summed E-state index contributed by atoms with van der Waals surface area (Å²) < 4.78 is 1.54. The van der Waals surface area contributed by atoms with Crippen molar-refractivity contribution in [2.75, 3.05) is 5.75 Å². The molecule has 0 aliphatic rings. The van der Waals surface area contributed by atoms with Crippen LogP contribution in [0.5, 0.6) is 0 Å². The second-order valence-corrected chi connectivity index (χ2v) is 8.42. The molecule has 30 heavy (non-hydrogen) atoms. The minimum Gasteiger partial charge on any atom is -0.349 e. The fraction of sp³-hybridized carbons (Fsp3) is 0.292. The van der Waals surface area contributed by atoms with E-state index in [0.29, 0.717) is 22.8 Å². The number of thioether (sulfide) groups is 1. The Balaban J connectivity index is 1.67. The molecule has 2 aromatic carbocycles. The maximum atomic E-state index is 12.9. The van der Waals surface area contributed by atoms with E-state index in [2.05, 4.69) is 10.3 Å². The highest BCUT2D eigenvalue weighted by atomic mass is 32.2. The Kier molecular flexibility index (Phi) is 7.11. The maximum Gasteiger partial charge on any atom is 0.257 e. The smallest absolute Gasteiger partial charge is 0.257 e. The molecule has 0 saturated heterocycles. The zero-order chi connectivity index (χ0) is 21.7. The van der Waals surface area contributed by atoms with Gasteiger partial charge in [-0.15, -0.1) is 0 Å². The molecule has 1 amide bonds. The Labute approximate surface area is 181 Å². The van der Waals surface area contributed by atoms with Gasteiger partial charge < -0.3 is 5.32 Å². The van der Waals surface area contributed by atoms with Gasteiger partial charge in [0.25, 0.3) is 5.56 Å². The lowest BCUT2D eigenvalue weighted by Gasteiger charge is -2.15. The van der Waals surface area contributed by atoms with E-state index in [1.165, 1.54) is 21.9 Å². The standard InChI is InChI=1S/C24H27N3O2S/c1-16-10-12-19(13-11-16)14-21-18(3)26-24(27(4)23(21)29)30-15-22(28)25-17(2)20-8-6-5-7-9-20/h5-13,17H,14-15H2,1-4H3,(H,25,28). The maximum absolute atomic E-state index is 12.9. The third-order valence-electron chi connectivity index (χ3n) is 5.06. The van der Waals surface area contributed by atoms with Gasteiger partial charge in [0, 0.05) is 24.7 Å². The first-order chi connectivity index (χ1) is 14.3. The molecule has 0 bridgehead atoms. The second-order valence-electron chi connectivity index (χ2n) is 7.47. The molecule has 1 aromatic heterocycles. The van der Waals surface area contributed by atoms with E-state index >= 15 is 0 Å². The monoisotopic (exact) mass is 421 g/mol. The van der Waals surface area contributed by atoms with Crippen molar-refractivity contribution >= 4 is 17.7 Å². The van der Waals surface area contributed by atoms with Crippen LogP contribution < -0.4 is 10.9 Å². The van der Waals surface area contributed by atoms with Crippen molar-refractivity contribution in [2.24, 2.45) is 7.05 Å². The number of hydrogen-bond acceptors (Lipinski definition) is 4. The highest BCUT2D eigenvalue weighted by Crippen LogP contribution is 2.18. The van der Waals surface area contributed by atoms with Crippen molar-refractivity contribution in [1.82, 2.24) is 14.9 Å². The Bertz CT molecular complexity index is 1080. The number of aromatic nitrogens is 2. The van der Waals surface area contributed by atoms with Crippen LogP contribution in [0.4, 0.5) is 0 Å². The third-order valence-corrected chi connectivity index (χ3v) is 6.09. The number of hydrogen-bond donors (Lipinski definition) is 1. The topological polar surface area (TPSA) is 64.0 Å². The van der Waals surface area contributed by atoms with Crippen molar-refractivity contribution in [3.63, 3.8) is 0 Å². The van der Waals surface area contributed by atoms with Crippen LogP contribution in [-0.4, -0.2) is 21.2 Å². The molecule has 0 fully saturated rings. The first-order valence-corrected chi connectivity index (χ1v) is 10.9. The molecule has 1 heterocycles. The number of carbonyl (C=O) groups is 1. The molecular weight excluding hydrogens is 394 g/mol. The van der Waals surface area contributed by atoms with E-state index < -0.39 is 0 Å². The molecule has 5 nitrogen and oxygen atoms in total. The zero-order valence-electron chi connectivity index (χ0n) is 17.8. The van der Waals surface area contributed by atoms with E-state index in [0.717, 1.165) is 11.1 Å². The Morgan fingerprint density at radius 1 is 1.10 bits per heavy atom. The van der Waals surface area contributed by atoms with Crippen LogP contribution in [0.2, 0.25) is 0 Å². The lowest BCUT2D eigenvalue weighted by molar-refractivity contribution is -0.119. The summed E-state index contributed by atoms with van der Waals surface area (Å²) in [5.41, 5.74) is 4.65. The number of amides is 1. The van der Waals surface area contributed by atoms with Crippen LogP contribution in [0.1, 0.15) is 40.9 Å². The van der Waals surface area contributed by atoms with Gasteiger partial charge in [0.1, 0.15) is 0 Å². The highest BCUT2D eigenvalue weighted by molar-refractivity contribution is 7.99. The number of carbonyl (C=O) groups excluding carboxylic acids is 1. The largest absolute Gasteiger partial charge is 0.349 e. The quantitative estimate of drug-likeness (QED) is 0.463. The molecule has 0 saturated carbocycles. The summed E-state index contributed by atoms with van der Waals surface area (Å²) in [5.74, 6) is 0.112. The zero-order valence-corrected chi connectivity index (χ0v) is 18.6. The molecule has 1 atom stereocenters. The number of benzene rings is 2. The lowest BCUT2D eigenvalue weighted by atomic mass is 10.0. The van der Waals surface area contributed by atoms with Crippen LogP contribution >= 0.6 is 11.8 Å². The van der Waals surface area contributed by atoms with E-state index in [-0.39, 0.29) is 23.3 Å². The van der Waals surface area contributed by atoms with Crippen LogP contribution in [0.3, 0.4) is 0 Å². The van der Waals surface area contributed by atoms with Crippen molar-refractivity contribution < 1.29 is 4.79 Å². The summed E-state index contributed by atoms with van der Waals surface area (Å²) in [6.45, 7) is 5.85. The summed E-state index contributed by atoms with van der Waals surface area (Å²) in [6, 6.07) is 17.9. The van der Waals surface area contributed by atoms with E-state index in [1.807, 2.05) is 75.4 Å². The predicted molar refractivity (Wildman–Crippen MR) is 122 cm³/mol. The highest BCUT2D eigenvalue weighted by Gasteiger charge is 2.15. The molecule has 0 radical (unpaired) electrons. The van der Waals surface area contributed by atoms with Gasteiger partial charge in [0.15, 0.2) is 5.16 Å². The molecule has 0 spiro atoms. The fourth-order valence-corrected chi connectivity index (χ4v) is 4.03. The normalized spacial score (nSPS) is 11.9. The molecule has 6 heteroatoms. The van der Waals surface area contributed by atoms with Crippen LogP contribution in [0.15, 0.2) is 64.5 Å². The Hall–Kier alpha value is -2.86. The summed E-state index contributed by atoms with van der Waals surface area (Å²) in [5, 5.41) is 3.54. The molecule has 3 aromatic rings. The molecule has 1 N–H and O–H groups in total. The number of aryl methyl sites for hydroxylation is 2. The van der Waals surface area contributed by atoms with Crippen molar-refractivity contribution in [3.05, 3.63) is 92.9 Å². The number of rotatable bonds is 7. The average molecular weight is 422 g/mol. The lowest BCUT2D eigenvalue weighted by Crippen LogP contribution is -2.29. The Morgan fingerprint density at radius 2 is 1.77 bits per heavy atom. The van der Waals surface area contributed by atoms with Crippen LogP contribution in [0.25, 0.3) is 0 Å². The van der Waals surface area contributed by atoms with E-state index in [1.54, 1.807) is 7.05 Å². The minimum atomic E-state index is -0.0908. The van der Waals surface area contributed by atoms with Crippen molar-refractivity contribution in [2.45, 2.75) is 38.4 Å². The molecule has 3 rings (SSSR count). The summed E-state index contributed by atoms with van der Waals surface area (Å²) in [7, 11) is 1.71. The van der Waals surface area contributed by atoms with Gasteiger partial charge in [0.2, 0.25) is 5.91 Å². The van der Waals surface area contributed by atoms with Gasteiger partial charge in [-0.1, -0.05) is 71.9 Å². The van der Waals surface area contributed by atoms with Gasteiger partial charge in [-0.3, -0.25) is 14.2 Å². The molecule has 0 aliphatic carbocycles. The molecule has 1 unspecified atom stereocenters. The SMILES string of the molecule is Cc1ccc(Cc2c(C)nc(SCC(=O)NC(C)c3ccccc3)n(C)c2=O)cc1. The van der Waals surface area contributed by atoms with Crippen molar-refractivity contribution in [3.8, 4) is 0 Å². The first kappa shape index (κ1) is 21.8. The van der Waals surface area contributed by atoms with Crippen molar-refractivity contribution in [1.29, 1.82) is 0 Å².